The van der Waals surface area contributed by atoms with Crippen LogP contribution >= 0.6 is 23.2 Å². The smallest absolute Gasteiger partial charge is 0.363 e. The fourth-order valence-electron chi connectivity index (χ4n) is 2.36. The zero-order valence-corrected chi connectivity index (χ0v) is 14.5. The standard InChI is InChI=1S/C18H13Cl2NO3/c1-10-4-3-5-11(6-10)17-21-15(18(22)24-17)8-12-7-13(19)9-14(20)16(12)23-2/h3-9H,1-2H3/b15-8-. The van der Waals surface area contributed by atoms with Crippen LogP contribution in [0.3, 0.4) is 0 Å². The predicted octanol–water partition coefficient (Wildman–Crippen LogP) is 4.65. The number of ether oxygens (including phenoxy) is 2. The molecule has 0 atom stereocenters. The van der Waals surface area contributed by atoms with Gasteiger partial charge in [-0.15, -0.1) is 0 Å². The number of esters is 1. The summed E-state index contributed by atoms with van der Waals surface area (Å²) < 4.78 is 10.5. The lowest BCUT2D eigenvalue weighted by atomic mass is 10.1. The molecule has 0 spiro atoms. The fraction of sp³-hybridized carbons (Fsp3) is 0.111. The second-order valence-corrected chi connectivity index (χ2v) is 6.06. The average Bonchev–Trinajstić information content (AvgIpc) is 2.88. The molecule has 122 valence electrons. The molecule has 0 unspecified atom stereocenters. The summed E-state index contributed by atoms with van der Waals surface area (Å²) in [5, 5.41) is 0.785. The second kappa shape index (κ2) is 6.67. The summed E-state index contributed by atoms with van der Waals surface area (Å²) in [6.07, 6.45) is 1.54. The van der Waals surface area contributed by atoms with Crippen LogP contribution in [0.2, 0.25) is 10.0 Å². The van der Waals surface area contributed by atoms with Crippen molar-refractivity contribution >= 4 is 41.1 Å². The summed E-state index contributed by atoms with van der Waals surface area (Å²) in [7, 11) is 1.49. The van der Waals surface area contributed by atoms with E-state index in [4.69, 9.17) is 32.7 Å². The molecule has 2 aromatic carbocycles. The molecular weight excluding hydrogens is 349 g/mol. The first-order valence-electron chi connectivity index (χ1n) is 7.10. The van der Waals surface area contributed by atoms with Crippen molar-refractivity contribution in [2.24, 2.45) is 4.99 Å². The van der Waals surface area contributed by atoms with Gasteiger partial charge < -0.3 is 9.47 Å². The van der Waals surface area contributed by atoms with E-state index in [1.165, 1.54) is 7.11 Å². The van der Waals surface area contributed by atoms with Crippen molar-refractivity contribution in [1.82, 2.24) is 0 Å². The summed E-state index contributed by atoms with van der Waals surface area (Å²) in [5.74, 6) is 0.146. The Morgan fingerprint density at radius 2 is 2.00 bits per heavy atom. The number of halogens is 2. The largest absolute Gasteiger partial charge is 0.495 e. The third-order valence-electron chi connectivity index (χ3n) is 3.42. The quantitative estimate of drug-likeness (QED) is 0.590. The summed E-state index contributed by atoms with van der Waals surface area (Å²) in [4.78, 5) is 16.4. The van der Waals surface area contributed by atoms with Gasteiger partial charge in [-0.1, -0.05) is 40.9 Å². The molecule has 2 aromatic rings. The highest BCUT2D eigenvalue weighted by molar-refractivity contribution is 6.36. The highest BCUT2D eigenvalue weighted by atomic mass is 35.5. The molecule has 0 saturated heterocycles. The van der Waals surface area contributed by atoms with Gasteiger partial charge in [0.2, 0.25) is 5.90 Å². The number of hydrogen-bond donors (Lipinski definition) is 0. The molecule has 4 nitrogen and oxygen atoms in total. The molecule has 0 aromatic heterocycles. The van der Waals surface area contributed by atoms with Crippen LogP contribution in [0.4, 0.5) is 0 Å². The molecule has 1 heterocycles. The summed E-state index contributed by atoms with van der Waals surface area (Å²) in [6.45, 7) is 1.95. The molecule has 1 aliphatic heterocycles. The molecule has 0 amide bonds. The van der Waals surface area contributed by atoms with Crippen LogP contribution in [-0.4, -0.2) is 19.0 Å². The molecule has 0 N–H and O–H groups in total. The van der Waals surface area contributed by atoms with Crippen molar-refractivity contribution in [3.8, 4) is 5.75 Å². The molecule has 0 saturated carbocycles. The van der Waals surface area contributed by atoms with E-state index in [9.17, 15) is 4.79 Å². The molecule has 6 heteroatoms. The number of carbonyl (C=O) groups excluding carboxylic acids is 1. The predicted molar refractivity (Wildman–Crippen MR) is 94.8 cm³/mol. The van der Waals surface area contributed by atoms with E-state index in [2.05, 4.69) is 4.99 Å². The van der Waals surface area contributed by atoms with Crippen LogP contribution in [0.15, 0.2) is 47.1 Å². The number of nitrogens with zero attached hydrogens (tertiary/aromatic N) is 1. The van der Waals surface area contributed by atoms with Crippen LogP contribution < -0.4 is 4.74 Å². The topological polar surface area (TPSA) is 47.9 Å². The van der Waals surface area contributed by atoms with E-state index < -0.39 is 5.97 Å². The van der Waals surface area contributed by atoms with Crippen LogP contribution in [-0.2, 0) is 9.53 Å². The van der Waals surface area contributed by atoms with Gasteiger partial charge in [0.25, 0.3) is 0 Å². The van der Waals surface area contributed by atoms with E-state index in [1.54, 1.807) is 18.2 Å². The van der Waals surface area contributed by atoms with Gasteiger partial charge in [-0.2, -0.15) is 0 Å². The van der Waals surface area contributed by atoms with Gasteiger partial charge in [0.1, 0.15) is 5.75 Å². The van der Waals surface area contributed by atoms with Crippen LogP contribution in [0.25, 0.3) is 6.08 Å². The maximum Gasteiger partial charge on any atom is 0.363 e. The Morgan fingerprint density at radius 1 is 1.21 bits per heavy atom. The van der Waals surface area contributed by atoms with E-state index in [0.717, 1.165) is 11.1 Å². The number of hydrogen-bond acceptors (Lipinski definition) is 4. The number of carbonyl (C=O) groups is 1. The number of methoxy groups -OCH3 is 1. The van der Waals surface area contributed by atoms with Crippen molar-refractivity contribution in [1.29, 1.82) is 0 Å². The monoisotopic (exact) mass is 361 g/mol. The maximum absolute atomic E-state index is 12.1. The van der Waals surface area contributed by atoms with E-state index in [-0.39, 0.29) is 11.6 Å². The normalized spacial score (nSPS) is 15.4. The van der Waals surface area contributed by atoms with Crippen molar-refractivity contribution in [3.63, 3.8) is 0 Å². The average molecular weight is 362 g/mol. The molecule has 0 aliphatic carbocycles. The zero-order chi connectivity index (χ0) is 17.3. The number of rotatable bonds is 3. The first-order chi connectivity index (χ1) is 11.5. The summed E-state index contributed by atoms with van der Waals surface area (Å²) in [6, 6.07) is 10.8. The number of aliphatic imine (C=N–C) groups is 1. The second-order valence-electron chi connectivity index (χ2n) is 5.22. The first-order valence-corrected chi connectivity index (χ1v) is 7.86. The van der Waals surface area contributed by atoms with E-state index in [0.29, 0.717) is 21.4 Å². The third-order valence-corrected chi connectivity index (χ3v) is 3.92. The highest BCUT2D eigenvalue weighted by Crippen LogP contribution is 2.34. The Balaban J connectivity index is 2.04. The summed E-state index contributed by atoms with van der Waals surface area (Å²) in [5.41, 5.74) is 2.49. The molecule has 0 radical (unpaired) electrons. The Labute approximate surface area is 149 Å². The van der Waals surface area contributed by atoms with Gasteiger partial charge in [-0.05, 0) is 37.3 Å². The Bertz CT molecular complexity index is 888. The molecule has 1 aliphatic rings. The first kappa shape index (κ1) is 16.6. The van der Waals surface area contributed by atoms with Crippen LogP contribution in [0, 0.1) is 6.92 Å². The van der Waals surface area contributed by atoms with Gasteiger partial charge in [0.05, 0.1) is 12.1 Å². The highest BCUT2D eigenvalue weighted by Gasteiger charge is 2.25. The maximum atomic E-state index is 12.1. The van der Waals surface area contributed by atoms with Crippen LogP contribution in [0.5, 0.6) is 5.75 Å². The van der Waals surface area contributed by atoms with Crippen molar-refractivity contribution in [2.45, 2.75) is 6.92 Å². The lowest BCUT2D eigenvalue weighted by molar-refractivity contribution is -0.129. The number of cyclic esters (lactones) is 1. The van der Waals surface area contributed by atoms with Crippen LogP contribution in [0.1, 0.15) is 16.7 Å². The van der Waals surface area contributed by atoms with Gasteiger partial charge in [-0.3, -0.25) is 0 Å². The molecule has 3 rings (SSSR count). The minimum absolute atomic E-state index is 0.156. The SMILES string of the molecule is COc1c(Cl)cc(Cl)cc1/C=C1\N=C(c2cccc(C)c2)OC1=O. The lowest BCUT2D eigenvalue weighted by Crippen LogP contribution is -2.05. The van der Waals surface area contributed by atoms with Crippen molar-refractivity contribution in [2.75, 3.05) is 7.11 Å². The Kier molecular flexibility index (Phi) is 4.60. The minimum Gasteiger partial charge on any atom is -0.495 e. The lowest BCUT2D eigenvalue weighted by Gasteiger charge is -2.07. The minimum atomic E-state index is -0.537. The van der Waals surface area contributed by atoms with Gasteiger partial charge >= 0.3 is 5.97 Å². The molecule has 0 bridgehead atoms. The third kappa shape index (κ3) is 3.30. The molecular formula is C18H13Cl2NO3. The Hall–Kier alpha value is -2.30. The Morgan fingerprint density at radius 3 is 2.71 bits per heavy atom. The number of benzene rings is 2. The van der Waals surface area contributed by atoms with E-state index >= 15 is 0 Å². The van der Waals surface area contributed by atoms with Gasteiger partial charge in [0, 0.05) is 16.1 Å². The van der Waals surface area contributed by atoms with Crippen molar-refractivity contribution in [3.05, 3.63) is 68.8 Å². The van der Waals surface area contributed by atoms with Gasteiger partial charge in [-0.25, -0.2) is 9.79 Å². The fourth-order valence-corrected chi connectivity index (χ4v) is 2.95. The van der Waals surface area contributed by atoms with E-state index in [1.807, 2.05) is 31.2 Å². The zero-order valence-electron chi connectivity index (χ0n) is 13.0. The van der Waals surface area contributed by atoms with Gasteiger partial charge in [0.15, 0.2) is 5.70 Å². The molecule has 0 fully saturated rings. The summed E-state index contributed by atoms with van der Waals surface area (Å²) >= 11 is 12.1. The molecule has 24 heavy (non-hydrogen) atoms. The van der Waals surface area contributed by atoms with Crippen molar-refractivity contribution < 1.29 is 14.3 Å². The number of aryl methyl sites for hydroxylation is 1.